The minimum absolute atomic E-state index is 0.000839. The highest BCUT2D eigenvalue weighted by molar-refractivity contribution is 5.07. The fraction of sp³-hybridized carbons (Fsp3) is 0.857. The normalized spacial score (nSPS) is 39.0. The molecule has 3 heterocycles. The van der Waals surface area contributed by atoms with Gasteiger partial charge in [0.25, 0.3) is 0 Å². The van der Waals surface area contributed by atoms with E-state index in [1.807, 2.05) is 0 Å². The number of aromatic nitrogens is 2. The number of piperidine rings is 1. The zero-order valence-corrected chi connectivity index (χ0v) is 11.4. The van der Waals surface area contributed by atoms with Gasteiger partial charge in [-0.1, -0.05) is 18.5 Å². The quantitative estimate of drug-likeness (QED) is 0.818. The number of ether oxygens (including phenoxy) is 1. The zero-order valence-electron chi connectivity index (χ0n) is 11.4. The van der Waals surface area contributed by atoms with Crippen LogP contribution in [0.4, 0.5) is 0 Å². The predicted molar refractivity (Wildman–Crippen MR) is 68.7 cm³/mol. The Kier molecular flexibility index (Phi) is 2.84. The van der Waals surface area contributed by atoms with Crippen molar-refractivity contribution in [1.82, 2.24) is 15.0 Å². The molecule has 5 nitrogen and oxygen atoms in total. The first-order chi connectivity index (χ1) is 9.31. The highest BCUT2D eigenvalue weighted by Gasteiger charge is 2.40. The van der Waals surface area contributed by atoms with Gasteiger partial charge in [-0.2, -0.15) is 4.98 Å². The van der Waals surface area contributed by atoms with Crippen LogP contribution in [-0.2, 0) is 4.74 Å². The first-order valence-corrected chi connectivity index (χ1v) is 7.50. The molecule has 2 aliphatic heterocycles. The minimum atomic E-state index is 0.000839. The molecule has 0 amide bonds. The van der Waals surface area contributed by atoms with E-state index < -0.39 is 0 Å². The van der Waals surface area contributed by atoms with Crippen molar-refractivity contribution in [3.8, 4) is 0 Å². The van der Waals surface area contributed by atoms with Crippen LogP contribution < -0.4 is 0 Å². The lowest BCUT2D eigenvalue weighted by molar-refractivity contribution is -0.0805. The monoisotopic (exact) mass is 263 g/mol. The maximum Gasteiger partial charge on any atom is 0.230 e. The van der Waals surface area contributed by atoms with Crippen LogP contribution in [0.3, 0.4) is 0 Å². The maximum atomic E-state index is 5.95. The van der Waals surface area contributed by atoms with E-state index >= 15 is 0 Å². The first-order valence-electron chi connectivity index (χ1n) is 7.50. The molecule has 0 N–H and O–H groups in total. The largest absolute Gasteiger partial charge is 0.367 e. The Labute approximate surface area is 113 Å². The molecule has 3 fully saturated rings. The van der Waals surface area contributed by atoms with Gasteiger partial charge in [-0.15, -0.1) is 0 Å². The molecule has 4 rings (SSSR count). The third kappa shape index (κ3) is 2.19. The van der Waals surface area contributed by atoms with Gasteiger partial charge in [0.1, 0.15) is 6.10 Å². The average molecular weight is 263 g/mol. The molecule has 0 spiro atoms. The summed E-state index contributed by atoms with van der Waals surface area (Å²) in [6.07, 6.45) is 5.09. The SMILES string of the molecule is C[C@@H]1C[C@@H]1c1nc([C@H]2CN3CCCC[C@H]3CO2)no1. The Hall–Kier alpha value is -0.940. The third-order valence-electron chi connectivity index (χ3n) is 4.81. The summed E-state index contributed by atoms with van der Waals surface area (Å²) in [5, 5.41) is 4.14. The van der Waals surface area contributed by atoms with Crippen molar-refractivity contribution in [3.63, 3.8) is 0 Å². The lowest BCUT2D eigenvalue weighted by Crippen LogP contribution is -2.49. The number of fused-ring (bicyclic) bond motifs is 1. The van der Waals surface area contributed by atoms with E-state index in [0.29, 0.717) is 17.9 Å². The van der Waals surface area contributed by atoms with E-state index in [1.54, 1.807) is 0 Å². The Morgan fingerprint density at radius 1 is 1.32 bits per heavy atom. The van der Waals surface area contributed by atoms with E-state index in [-0.39, 0.29) is 6.10 Å². The lowest BCUT2D eigenvalue weighted by Gasteiger charge is -2.41. The van der Waals surface area contributed by atoms with Gasteiger partial charge in [0.2, 0.25) is 11.7 Å². The molecule has 5 heteroatoms. The van der Waals surface area contributed by atoms with Crippen molar-refractivity contribution in [1.29, 1.82) is 0 Å². The van der Waals surface area contributed by atoms with Crippen LogP contribution in [-0.4, -0.2) is 40.8 Å². The van der Waals surface area contributed by atoms with Crippen LogP contribution in [0, 0.1) is 5.92 Å². The molecule has 0 radical (unpaired) electrons. The Balaban J connectivity index is 1.45. The topological polar surface area (TPSA) is 51.4 Å². The highest BCUT2D eigenvalue weighted by Crippen LogP contribution is 2.46. The van der Waals surface area contributed by atoms with Gasteiger partial charge < -0.3 is 9.26 Å². The maximum absolute atomic E-state index is 5.95. The molecule has 1 saturated carbocycles. The average Bonchev–Trinajstić information content (AvgIpc) is 3.00. The summed E-state index contributed by atoms with van der Waals surface area (Å²) in [5.74, 6) is 2.75. The van der Waals surface area contributed by atoms with Crippen LogP contribution in [0.25, 0.3) is 0 Å². The molecule has 1 aromatic rings. The smallest absolute Gasteiger partial charge is 0.230 e. The second kappa shape index (κ2) is 4.56. The van der Waals surface area contributed by atoms with Gasteiger partial charge in [0.15, 0.2) is 0 Å². The van der Waals surface area contributed by atoms with Gasteiger partial charge >= 0.3 is 0 Å². The van der Waals surface area contributed by atoms with E-state index in [2.05, 4.69) is 22.0 Å². The summed E-state index contributed by atoms with van der Waals surface area (Å²) in [6, 6.07) is 0.611. The lowest BCUT2D eigenvalue weighted by atomic mass is 10.0. The summed E-state index contributed by atoms with van der Waals surface area (Å²) in [5.41, 5.74) is 0. The van der Waals surface area contributed by atoms with Crippen molar-refractivity contribution in [3.05, 3.63) is 11.7 Å². The summed E-state index contributed by atoms with van der Waals surface area (Å²) in [6.45, 7) is 5.15. The molecule has 0 aromatic carbocycles. The summed E-state index contributed by atoms with van der Waals surface area (Å²) < 4.78 is 11.3. The van der Waals surface area contributed by atoms with Gasteiger partial charge in [0.05, 0.1) is 6.61 Å². The van der Waals surface area contributed by atoms with Gasteiger partial charge in [-0.25, -0.2) is 0 Å². The number of morpholine rings is 1. The van der Waals surface area contributed by atoms with Crippen LogP contribution >= 0.6 is 0 Å². The number of rotatable bonds is 2. The third-order valence-corrected chi connectivity index (χ3v) is 4.81. The predicted octanol–water partition coefficient (Wildman–Crippen LogP) is 2.12. The van der Waals surface area contributed by atoms with E-state index in [4.69, 9.17) is 9.26 Å². The molecule has 0 unspecified atom stereocenters. The molecule has 1 aliphatic carbocycles. The van der Waals surface area contributed by atoms with E-state index in [9.17, 15) is 0 Å². The molecule has 19 heavy (non-hydrogen) atoms. The second-order valence-electron chi connectivity index (χ2n) is 6.28. The first kappa shape index (κ1) is 11.9. The molecule has 1 aromatic heterocycles. The fourth-order valence-electron chi connectivity index (χ4n) is 3.33. The molecule has 4 atom stereocenters. The summed E-state index contributed by atoms with van der Waals surface area (Å²) in [7, 11) is 0. The van der Waals surface area contributed by atoms with E-state index in [1.165, 1.54) is 32.2 Å². The summed E-state index contributed by atoms with van der Waals surface area (Å²) in [4.78, 5) is 7.09. The number of hydrogen-bond donors (Lipinski definition) is 0. The van der Waals surface area contributed by atoms with E-state index in [0.717, 1.165) is 24.9 Å². The van der Waals surface area contributed by atoms with Gasteiger partial charge in [-0.3, -0.25) is 4.90 Å². The van der Waals surface area contributed by atoms with Gasteiger partial charge in [-0.05, 0) is 31.7 Å². The van der Waals surface area contributed by atoms with Crippen molar-refractivity contribution >= 4 is 0 Å². The van der Waals surface area contributed by atoms with Crippen LogP contribution in [0.15, 0.2) is 4.52 Å². The molecule has 2 saturated heterocycles. The Bertz CT molecular complexity index is 461. The van der Waals surface area contributed by atoms with Crippen molar-refractivity contribution < 1.29 is 9.26 Å². The fourth-order valence-corrected chi connectivity index (χ4v) is 3.33. The molecule has 3 aliphatic rings. The minimum Gasteiger partial charge on any atom is -0.367 e. The highest BCUT2D eigenvalue weighted by atomic mass is 16.5. The Morgan fingerprint density at radius 2 is 2.21 bits per heavy atom. The number of hydrogen-bond acceptors (Lipinski definition) is 5. The standard InChI is InChI=1S/C14H21N3O2/c1-9-6-11(9)14-15-13(16-19-14)12-7-17-5-3-2-4-10(17)8-18-12/h9-12H,2-8H2,1H3/t9-,10+,11+,12-/m1/s1. The van der Waals surface area contributed by atoms with Crippen molar-refractivity contribution in [2.24, 2.45) is 5.92 Å². The molecular weight excluding hydrogens is 242 g/mol. The van der Waals surface area contributed by atoms with Crippen molar-refractivity contribution in [2.45, 2.75) is 50.7 Å². The number of nitrogens with zero attached hydrogens (tertiary/aromatic N) is 3. The molecular formula is C14H21N3O2. The molecule has 0 bridgehead atoms. The zero-order chi connectivity index (χ0) is 12.8. The molecule has 104 valence electrons. The van der Waals surface area contributed by atoms with Gasteiger partial charge in [0, 0.05) is 18.5 Å². The van der Waals surface area contributed by atoms with Crippen LogP contribution in [0.2, 0.25) is 0 Å². The second-order valence-corrected chi connectivity index (χ2v) is 6.28. The summed E-state index contributed by atoms with van der Waals surface area (Å²) >= 11 is 0. The van der Waals surface area contributed by atoms with Crippen LogP contribution in [0.5, 0.6) is 0 Å². The van der Waals surface area contributed by atoms with Crippen LogP contribution in [0.1, 0.15) is 56.3 Å². The Morgan fingerprint density at radius 3 is 3.05 bits per heavy atom. The van der Waals surface area contributed by atoms with Crippen molar-refractivity contribution in [2.75, 3.05) is 19.7 Å².